The van der Waals surface area contributed by atoms with Crippen LogP contribution in [-0.4, -0.2) is 19.4 Å². The Balaban J connectivity index is 2.76. The SMILES string of the molecule is CON=CC(C)Nc1c(C)cccc1C. The number of hydrogen-bond donors (Lipinski definition) is 1. The molecule has 0 aromatic heterocycles. The molecule has 1 N–H and O–H groups in total. The van der Waals surface area contributed by atoms with Crippen molar-refractivity contribution >= 4 is 11.9 Å². The van der Waals surface area contributed by atoms with Crippen LogP contribution in [0.25, 0.3) is 0 Å². The van der Waals surface area contributed by atoms with E-state index >= 15 is 0 Å². The number of nitrogens with zero attached hydrogens (tertiary/aromatic N) is 1. The molecule has 0 aliphatic carbocycles. The minimum Gasteiger partial charge on any atom is -0.399 e. The fourth-order valence-corrected chi connectivity index (χ4v) is 1.46. The van der Waals surface area contributed by atoms with Gasteiger partial charge < -0.3 is 10.2 Å². The second-order valence-electron chi connectivity index (χ2n) is 3.64. The molecule has 0 amide bonds. The molecular weight excluding hydrogens is 188 g/mol. The molecule has 0 heterocycles. The van der Waals surface area contributed by atoms with Crippen LogP contribution in [0.15, 0.2) is 23.4 Å². The van der Waals surface area contributed by atoms with Gasteiger partial charge in [0.1, 0.15) is 7.11 Å². The number of aryl methyl sites for hydroxylation is 2. The topological polar surface area (TPSA) is 33.6 Å². The van der Waals surface area contributed by atoms with Gasteiger partial charge in [0.05, 0.1) is 12.3 Å². The summed E-state index contributed by atoms with van der Waals surface area (Å²) in [5.41, 5.74) is 3.66. The first kappa shape index (κ1) is 11.6. The maximum atomic E-state index is 4.64. The van der Waals surface area contributed by atoms with Crippen molar-refractivity contribution in [2.45, 2.75) is 26.8 Å². The second kappa shape index (κ2) is 5.39. The maximum absolute atomic E-state index is 4.64. The van der Waals surface area contributed by atoms with Crippen molar-refractivity contribution in [3.05, 3.63) is 29.3 Å². The lowest BCUT2D eigenvalue weighted by molar-refractivity contribution is 0.214. The van der Waals surface area contributed by atoms with Crippen LogP contribution in [0.5, 0.6) is 0 Å². The van der Waals surface area contributed by atoms with Gasteiger partial charge in [0.15, 0.2) is 0 Å². The van der Waals surface area contributed by atoms with E-state index in [4.69, 9.17) is 0 Å². The zero-order valence-electron chi connectivity index (χ0n) is 9.74. The summed E-state index contributed by atoms with van der Waals surface area (Å²) in [7, 11) is 1.54. The molecule has 0 radical (unpaired) electrons. The summed E-state index contributed by atoms with van der Waals surface area (Å²) < 4.78 is 0. The van der Waals surface area contributed by atoms with E-state index in [0.717, 1.165) is 0 Å². The Morgan fingerprint density at radius 3 is 2.47 bits per heavy atom. The van der Waals surface area contributed by atoms with Gasteiger partial charge in [-0.15, -0.1) is 0 Å². The number of anilines is 1. The molecule has 15 heavy (non-hydrogen) atoms. The second-order valence-corrected chi connectivity index (χ2v) is 3.64. The molecular formula is C12H18N2O. The number of benzene rings is 1. The quantitative estimate of drug-likeness (QED) is 0.607. The van der Waals surface area contributed by atoms with Crippen LogP contribution in [0.4, 0.5) is 5.69 Å². The number of nitrogens with one attached hydrogen (secondary N) is 1. The van der Waals surface area contributed by atoms with Gasteiger partial charge in [-0.3, -0.25) is 0 Å². The lowest BCUT2D eigenvalue weighted by Gasteiger charge is -2.15. The lowest BCUT2D eigenvalue weighted by atomic mass is 10.1. The van der Waals surface area contributed by atoms with Gasteiger partial charge in [0.2, 0.25) is 0 Å². The molecule has 1 aromatic carbocycles. The van der Waals surface area contributed by atoms with Crippen LogP contribution < -0.4 is 5.32 Å². The van der Waals surface area contributed by atoms with Crippen LogP contribution in [0.3, 0.4) is 0 Å². The lowest BCUT2D eigenvalue weighted by Crippen LogP contribution is -2.18. The average Bonchev–Trinajstić information content (AvgIpc) is 2.21. The minimum absolute atomic E-state index is 0.157. The molecule has 1 rings (SSSR count). The maximum Gasteiger partial charge on any atom is 0.106 e. The summed E-state index contributed by atoms with van der Waals surface area (Å²) in [6.45, 7) is 6.22. The summed E-state index contributed by atoms with van der Waals surface area (Å²) in [6, 6.07) is 6.40. The van der Waals surface area contributed by atoms with E-state index in [1.54, 1.807) is 13.3 Å². The molecule has 82 valence electrons. The van der Waals surface area contributed by atoms with Gasteiger partial charge in [-0.05, 0) is 31.9 Å². The number of hydrogen-bond acceptors (Lipinski definition) is 3. The predicted octanol–water partition coefficient (Wildman–Crippen LogP) is 2.74. The van der Waals surface area contributed by atoms with Gasteiger partial charge in [-0.1, -0.05) is 23.4 Å². The Morgan fingerprint density at radius 1 is 1.33 bits per heavy atom. The van der Waals surface area contributed by atoms with E-state index in [-0.39, 0.29) is 6.04 Å². The number of rotatable bonds is 4. The highest BCUT2D eigenvalue weighted by Gasteiger charge is 2.04. The molecule has 0 bridgehead atoms. The molecule has 1 unspecified atom stereocenters. The Kier molecular flexibility index (Phi) is 4.16. The highest BCUT2D eigenvalue weighted by Crippen LogP contribution is 2.19. The largest absolute Gasteiger partial charge is 0.399 e. The van der Waals surface area contributed by atoms with E-state index in [0.29, 0.717) is 0 Å². The molecule has 1 aromatic rings. The first-order chi connectivity index (χ1) is 7.15. The minimum atomic E-state index is 0.157. The van der Waals surface area contributed by atoms with Gasteiger partial charge in [-0.25, -0.2) is 0 Å². The zero-order chi connectivity index (χ0) is 11.3. The molecule has 0 saturated carbocycles. The fraction of sp³-hybridized carbons (Fsp3) is 0.417. The van der Waals surface area contributed by atoms with E-state index < -0.39 is 0 Å². The van der Waals surface area contributed by atoms with Crippen LogP contribution >= 0.6 is 0 Å². The van der Waals surface area contributed by atoms with Gasteiger partial charge in [-0.2, -0.15) is 0 Å². The van der Waals surface area contributed by atoms with E-state index in [2.05, 4.69) is 47.4 Å². The number of para-hydroxylation sites is 1. The van der Waals surface area contributed by atoms with E-state index in [1.807, 2.05) is 6.92 Å². The van der Waals surface area contributed by atoms with Gasteiger partial charge in [0, 0.05) is 5.69 Å². The van der Waals surface area contributed by atoms with Crippen molar-refractivity contribution in [1.29, 1.82) is 0 Å². The Morgan fingerprint density at radius 2 is 1.93 bits per heavy atom. The predicted molar refractivity (Wildman–Crippen MR) is 64.5 cm³/mol. The third-order valence-corrected chi connectivity index (χ3v) is 2.24. The number of oxime groups is 1. The molecule has 0 aliphatic heterocycles. The van der Waals surface area contributed by atoms with Crippen LogP contribution in [-0.2, 0) is 4.84 Å². The van der Waals surface area contributed by atoms with Crippen molar-refractivity contribution < 1.29 is 4.84 Å². The molecule has 0 fully saturated rings. The Labute approximate surface area is 91.1 Å². The molecule has 3 nitrogen and oxygen atoms in total. The zero-order valence-corrected chi connectivity index (χ0v) is 9.74. The van der Waals surface area contributed by atoms with Crippen molar-refractivity contribution in [2.24, 2.45) is 5.16 Å². The van der Waals surface area contributed by atoms with Crippen molar-refractivity contribution in [3.8, 4) is 0 Å². The summed E-state index contributed by atoms with van der Waals surface area (Å²) in [4.78, 5) is 4.64. The third kappa shape index (κ3) is 3.27. The first-order valence-corrected chi connectivity index (χ1v) is 5.04. The Bertz CT molecular complexity index is 327. The van der Waals surface area contributed by atoms with E-state index in [9.17, 15) is 0 Å². The summed E-state index contributed by atoms with van der Waals surface area (Å²) >= 11 is 0. The standard InChI is InChI=1S/C12H18N2O/c1-9-6-5-7-10(2)12(9)14-11(3)8-13-15-4/h5-8,11,14H,1-4H3. The van der Waals surface area contributed by atoms with E-state index in [1.165, 1.54) is 16.8 Å². The molecule has 3 heteroatoms. The highest BCUT2D eigenvalue weighted by molar-refractivity contribution is 5.70. The summed E-state index contributed by atoms with van der Waals surface area (Å²) in [5, 5.41) is 7.12. The Hall–Kier alpha value is -1.51. The monoisotopic (exact) mass is 206 g/mol. The van der Waals surface area contributed by atoms with Crippen LogP contribution in [0.1, 0.15) is 18.1 Å². The van der Waals surface area contributed by atoms with Gasteiger partial charge >= 0.3 is 0 Å². The van der Waals surface area contributed by atoms with Crippen LogP contribution in [0, 0.1) is 13.8 Å². The van der Waals surface area contributed by atoms with Crippen molar-refractivity contribution in [3.63, 3.8) is 0 Å². The molecule has 0 aliphatic rings. The average molecular weight is 206 g/mol. The molecule has 0 saturated heterocycles. The normalized spacial score (nSPS) is 12.8. The summed E-state index contributed by atoms with van der Waals surface area (Å²) in [5.74, 6) is 0. The summed E-state index contributed by atoms with van der Waals surface area (Å²) in [6.07, 6.45) is 1.74. The third-order valence-electron chi connectivity index (χ3n) is 2.24. The molecule has 1 atom stereocenters. The molecule has 0 spiro atoms. The first-order valence-electron chi connectivity index (χ1n) is 5.04. The van der Waals surface area contributed by atoms with Crippen molar-refractivity contribution in [1.82, 2.24) is 0 Å². The van der Waals surface area contributed by atoms with Gasteiger partial charge in [0.25, 0.3) is 0 Å². The highest BCUT2D eigenvalue weighted by atomic mass is 16.6. The van der Waals surface area contributed by atoms with Crippen LogP contribution in [0.2, 0.25) is 0 Å². The van der Waals surface area contributed by atoms with Crippen molar-refractivity contribution in [2.75, 3.05) is 12.4 Å². The smallest absolute Gasteiger partial charge is 0.106 e. The fourth-order valence-electron chi connectivity index (χ4n) is 1.46.